The number of nitrogens with one attached hydrogen (secondary N) is 2. The van der Waals surface area contributed by atoms with E-state index >= 15 is 0 Å². The Labute approximate surface area is 114 Å². The van der Waals surface area contributed by atoms with Crippen molar-refractivity contribution in [2.24, 2.45) is 0 Å². The van der Waals surface area contributed by atoms with Gasteiger partial charge in [-0.15, -0.1) is 0 Å². The summed E-state index contributed by atoms with van der Waals surface area (Å²) in [6.45, 7) is 4.50. The van der Waals surface area contributed by atoms with E-state index in [4.69, 9.17) is 4.74 Å². The minimum atomic E-state index is -0.0301. The van der Waals surface area contributed by atoms with Gasteiger partial charge in [0.25, 0.3) is 5.91 Å². The van der Waals surface area contributed by atoms with Gasteiger partial charge in [0.2, 0.25) is 0 Å². The quantitative estimate of drug-likeness (QED) is 0.827. The molecule has 4 nitrogen and oxygen atoms in total. The Balaban J connectivity index is 1.81. The number of rotatable bonds is 6. The summed E-state index contributed by atoms with van der Waals surface area (Å²) < 4.78 is 5.48. The molecule has 0 aliphatic carbocycles. The Kier molecular flexibility index (Phi) is 5.21. The van der Waals surface area contributed by atoms with Crippen LogP contribution in [0.2, 0.25) is 0 Å². The number of hydrogen-bond donors (Lipinski definition) is 2. The Bertz CT molecular complexity index is 397. The zero-order valence-electron chi connectivity index (χ0n) is 11.4. The molecular weight excluding hydrogens is 240 g/mol. The van der Waals surface area contributed by atoms with Gasteiger partial charge in [-0.2, -0.15) is 0 Å². The summed E-state index contributed by atoms with van der Waals surface area (Å²) in [5.74, 6) is -0.0301. The van der Waals surface area contributed by atoms with Crippen LogP contribution in [-0.4, -0.2) is 31.7 Å². The minimum Gasteiger partial charge on any atom is -0.385 e. The van der Waals surface area contributed by atoms with E-state index in [1.54, 1.807) is 0 Å². The van der Waals surface area contributed by atoms with Crippen molar-refractivity contribution in [2.75, 3.05) is 25.0 Å². The third-order valence-electron chi connectivity index (χ3n) is 3.24. The van der Waals surface area contributed by atoms with Crippen LogP contribution in [0.1, 0.15) is 36.5 Å². The molecule has 1 fully saturated rings. The van der Waals surface area contributed by atoms with E-state index in [1.807, 2.05) is 24.3 Å². The number of anilines is 1. The number of hydrogen-bond acceptors (Lipinski definition) is 3. The molecule has 0 radical (unpaired) electrons. The second-order valence-corrected chi connectivity index (χ2v) is 4.85. The van der Waals surface area contributed by atoms with Crippen LogP contribution in [0.5, 0.6) is 0 Å². The zero-order valence-corrected chi connectivity index (χ0v) is 11.4. The molecule has 1 heterocycles. The van der Waals surface area contributed by atoms with Crippen LogP contribution in [0, 0.1) is 0 Å². The third-order valence-corrected chi connectivity index (χ3v) is 3.24. The van der Waals surface area contributed by atoms with Gasteiger partial charge in [0.05, 0.1) is 6.10 Å². The molecule has 104 valence electrons. The highest BCUT2D eigenvalue weighted by Gasteiger charge is 2.16. The van der Waals surface area contributed by atoms with Crippen LogP contribution >= 0.6 is 0 Å². The second-order valence-electron chi connectivity index (χ2n) is 4.85. The normalized spacial score (nSPS) is 18.3. The highest BCUT2D eigenvalue weighted by molar-refractivity contribution is 5.94. The summed E-state index contributed by atoms with van der Waals surface area (Å²) >= 11 is 0. The van der Waals surface area contributed by atoms with Gasteiger partial charge < -0.3 is 15.4 Å². The van der Waals surface area contributed by atoms with Gasteiger partial charge in [-0.1, -0.05) is 6.92 Å². The lowest BCUT2D eigenvalue weighted by Crippen LogP contribution is -2.31. The van der Waals surface area contributed by atoms with Gasteiger partial charge in [0.1, 0.15) is 0 Å². The Morgan fingerprint density at radius 3 is 2.79 bits per heavy atom. The van der Waals surface area contributed by atoms with Crippen molar-refractivity contribution >= 4 is 11.6 Å². The standard InChI is InChI=1S/C15H22N2O2/c1-2-9-16-13-7-5-12(6-8-13)15(18)17-11-14-4-3-10-19-14/h5-8,14,16H,2-4,9-11H2,1H3,(H,17,18). The Hall–Kier alpha value is -1.55. The van der Waals surface area contributed by atoms with Gasteiger partial charge in [-0.05, 0) is 43.5 Å². The maximum Gasteiger partial charge on any atom is 0.251 e. The van der Waals surface area contributed by atoms with Crippen molar-refractivity contribution in [1.82, 2.24) is 5.32 Å². The van der Waals surface area contributed by atoms with Crippen LogP contribution in [0.15, 0.2) is 24.3 Å². The van der Waals surface area contributed by atoms with E-state index < -0.39 is 0 Å². The molecule has 0 saturated carbocycles. The summed E-state index contributed by atoms with van der Waals surface area (Å²) in [5, 5.41) is 6.20. The summed E-state index contributed by atoms with van der Waals surface area (Å²) in [6, 6.07) is 7.58. The van der Waals surface area contributed by atoms with Crippen LogP contribution < -0.4 is 10.6 Å². The highest BCUT2D eigenvalue weighted by Crippen LogP contribution is 2.12. The van der Waals surface area contributed by atoms with Crippen molar-refractivity contribution < 1.29 is 9.53 Å². The van der Waals surface area contributed by atoms with E-state index in [2.05, 4.69) is 17.6 Å². The van der Waals surface area contributed by atoms with Gasteiger partial charge in [-0.3, -0.25) is 4.79 Å². The molecular formula is C15H22N2O2. The molecule has 0 aromatic heterocycles. The lowest BCUT2D eigenvalue weighted by molar-refractivity contribution is 0.0858. The molecule has 1 saturated heterocycles. The summed E-state index contributed by atoms with van der Waals surface area (Å²) in [4.78, 5) is 11.9. The highest BCUT2D eigenvalue weighted by atomic mass is 16.5. The summed E-state index contributed by atoms with van der Waals surface area (Å²) in [5.41, 5.74) is 1.75. The second kappa shape index (κ2) is 7.14. The molecule has 1 aromatic rings. The van der Waals surface area contributed by atoms with Gasteiger partial charge in [-0.25, -0.2) is 0 Å². The van der Waals surface area contributed by atoms with E-state index in [9.17, 15) is 4.79 Å². The molecule has 2 N–H and O–H groups in total. The molecule has 2 rings (SSSR count). The lowest BCUT2D eigenvalue weighted by atomic mass is 10.2. The van der Waals surface area contributed by atoms with Gasteiger partial charge >= 0.3 is 0 Å². The molecule has 4 heteroatoms. The third kappa shape index (κ3) is 4.24. The predicted molar refractivity (Wildman–Crippen MR) is 76.5 cm³/mol. The first-order valence-electron chi connectivity index (χ1n) is 7.03. The first kappa shape index (κ1) is 13.9. The van der Waals surface area contributed by atoms with Crippen LogP contribution in [0.25, 0.3) is 0 Å². The number of carbonyl (C=O) groups is 1. The fraction of sp³-hybridized carbons (Fsp3) is 0.533. The minimum absolute atomic E-state index is 0.0301. The maximum atomic E-state index is 11.9. The zero-order chi connectivity index (χ0) is 13.5. The molecule has 1 amide bonds. The summed E-state index contributed by atoms with van der Waals surface area (Å²) in [6.07, 6.45) is 3.41. The van der Waals surface area contributed by atoms with E-state index in [0.717, 1.165) is 38.1 Å². The molecule has 1 atom stereocenters. The van der Waals surface area contributed by atoms with Gasteiger partial charge in [0.15, 0.2) is 0 Å². The molecule has 1 aliphatic heterocycles. The first-order valence-corrected chi connectivity index (χ1v) is 7.03. The monoisotopic (exact) mass is 262 g/mol. The Morgan fingerprint density at radius 1 is 1.37 bits per heavy atom. The fourth-order valence-corrected chi connectivity index (χ4v) is 2.12. The number of amides is 1. The van der Waals surface area contributed by atoms with Crippen molar-refractivity contribution in [1.29, 1.82) is 0 Å². The van der Waals surface area contributed by atoms with E-state index in [1.165, 1.54) is 0 Å². The smallest absolute Gasteiger partial charge is 0.251 e. The molecule has 0 bridgehead atoms. The number of benzene rings is 1. The maximum absolute atomic E-state index is 11.9. The summed E-state index contributed by atoms with van der Waals surface area (Å²) in [7, 11) is 0. The van der Waals surface area contributed by atoms with Gasteiger partial charge in [0, 0.05) is 30.9 Å². The largest absolute Gasteiger partial charge is 0.385 e. The fourth-order valence-electron chi connectivity index (χ4n) is 2.12. The van der Waals surface area contributed by atoms with Crippen LogP contribution in [0.4, 0.5) is 5.69 Å². The van der Waals surface area contributed by atoms with Crippen molar-refractivity contribution in [3.05, 3.63) is 29.8 Å². The molecule has 1 unspecified atom stereocenters. The average Bonchev–Trinajstić information content (AvgIpc) is 2.96. The molecule has 0 spiro atoms. The van der Waals surface area contributed by atoms with Crippen molar-refractivity contribution in [3.8, 4) is 0 Å². The lowest BCUT2D eigenvalue weighted by Gasteiger charge is -2.11. The number of ether oxygens (including phenoxy) is 1. The molecule has 1 aromatic carbocycles. The van der Waals surface area contributed by atoms with Crippen molar-refractivity contribution in [2.45, 2.75) is 32.3 Å². The molecule has 1 aliphatic rings. The van der Waals surface area contributed by atoms with Crippen LogP contribution in [0.3, 0.4) is 0 Å². The van der Waals surface area contributed by atoms with E-state index in [-0.39, 0.29) is 12.0 Å². The predicted octanol–water partition coefficient (Wildman–Crippen LogP) is 2.42. The Morgan fingerprint density at radius 2 is 2.16 bits per heavy atom. The average molecular weight is 262 g/mol. The topological polar surface area (TPSA) is 50.4 Å². The first-order chi connectivity index (χ1) is 9.29. The SMILES string of the molecule is CCCNc1ccc(C(=O)NCC2CCCO2)cc1. The number of carbonyl (C=O) groups excluding carboxylic acids is 1. The van der Waals surface area contributed by atoms with E-state index in [0.29, 0.717) is 12.1 Å². The van der Waals surface area contributed by atoms with Crippen molar-refractivity contribution in [3.63, 3.8) is 0 Å². The van der Waals surface area contributed by atoms with Crippen LogP contribution in [-0.2, 0) is 4.74 Å². The molecule has 19 heavy (non-hydrogen) atoms.